The van der Waals surface area contributed by atoms with E-state index in [2.05, 4.69) is 0 Å². The summed E-state index contributed by atoms with van der Waals surface area (Å²) in [6, 6.07) is 10.8. The number of hydrogen-bond acceptors (Lipinski definition) is 4. The number of rotatable bonds is 4. The molecule has 0 fully saturated rings. The minimum absolute atomic E-state index is 0.112. The highest BCUT2D eigenvalue weighted by Crippen LogP contribution is 2.32. The van der Waals surface area contributed by atoms with Crippen LogP contribution in [0.4, 0.5) is 0 Å². The topological polar surface area (TPSA) is 44.8 Å². The zero-order valence-corrected chi connectivity index (χ0v) is 12.0. The van der Waals surface area contributed by atoms with Crippen LogP contribution in [0.25, 0.3) is 0 Å². The quantitative estimate of drug-likeness (QED) is 0.810. The van der Waals surface area contributed by atoms with Crippen LogP contribution < -0.4 is 14.2 Å². The van der Waals surface area contributed by atoms with Gasteiger partial charge in [0.15, 0.2) is 0 Å². The first-order chi connectivity index (χ1) is 10.2. The van der Waals surface area contributed by atoms with Crippen molar-refractivity contribution in [3.63, 3.8) is 0 Å². The molecule has 2 aromatic carbocycles. The van der Waals surface area contributed by atoms with Crippen molar-refractivity contribution in [2.24, 2.45) is 0 Å². The van der Waals surface area contributed by atoms with Crippen molar-refractivity contribution >= 4 is 5.78 Å². The van der Waals surface area contributed by atoms with Gasteiger partial charge in [0.05, 0.1) is 20.8 Å². The second kappa shape index (κ2) is 5.48. The number of ether oxygens (including phenoxy) is 3. The summed E-state index contributed by atoms with van der Waals surface area (Å²) in [4.78, 5) is 12.8. The highest BCUT2D eigenvalue weighted by Gasteiger charge is 2.21. The Labute approximate surface area is 123 Å². The van der Waals surface area contributed by atoms with Crippen molar-refractivity contribution in [2.75, 3.05) is 20.8 Å². The van der Waals surface area contributed by atoms with Crippen LogP contribution in [0.5, 0.6) is 17.2 Å². The lowest BCUT2D eigenvalue weighted by atomic mass is 9.99. The van der Waals surface area contributed by atoms with Crippen LogP contribution in [0.15, 0.2) is 36.4 Å². The number of carbonyl (C=O) groups excluding carboxylic acids is 1. The van der Waals surface area contributed by atoms with E-state index in [9.17, 15) is 4.79 Å². The van der Waals surface area contributed by atoms with Gasteiger partial charge in [-0.1, -0.05) is 6.07 Å². The number of benzene rings is 2. The summed E-state index contributed by atoms with van der Waals surface area (Å²) >= 11 is 0. The Morgan fingerprint density at radius 1 is 1.10 bits per heavy atom. The van der Waals surface area contributed by atoms with Gasteiger partial charge in [0.1, 0.15) is 22.8 Å². The molecule has 0 amide bonds. The van der Waals surface area contributed by atoms with E-state index in [1.807, 2.05) is 12.1 Å². The fraction of sp³-hybridized carbons (Fsp3) is 0.235. The van der Waals surface area contributed by atoms with Gasteiger partial charge in [0.2, 0.25) is 5.78 Å². The maximum atomic E-state index is 12.8. The Morgan fingerprint density at radius 2 is 1.81 bits per heavy atom. The average Bonchev–Trinajstić information content (AvgIpc) is 3.00. The van der Waals surface area contributed by atoms with Crippen molar-refractivity contribution in [1.29, 1.82) is 0 Å². The van der Waals surface area contributed by atoms with Crippen molar-refractivity contribution in [1.82, 2.24) is 0 Å². The molecule has 0 spiro atoms. The fourth-order valence-corrected chi connectivity index (χ4v) is 2.55. The summed E-state index contributed by atoms with van der Waals surface area (Å²) in [6.07, 6.45) is 0.833. The average molecular weight is 284 g/mol. The van der Waals surface area contributed by atoms with Gasteiger partial charge in [-0.05, 0) is 35.9 Å². The maximum absolute atomic E-state index is 12.8. The van der Waals surface area contributed by atoms with Crippen LogP contribution in [0, 0.1) is 0 Å². The summed E-state index contributed by atoms with van der Waals surface area (Å²) in [5, 5.41) is 0. The lowest BCUT2D eigenvalue weighted by Gasteiger charge is -2.12. The van der Waals surface area contributed by atoms with Gasteiger partial charge >= 0.3 is 0 Å². The standard InChI is InChI=1S/C17H16O4/c1-19-14-4-3-5-15(20-2)16(14)17(18)12-6-7-13-11(10-12)8-9-21-13/h3-7,10H,8-9H2,1-2H3. The first-order valence-corrected chi connectivity index (χ1v) is 6.76. The van der Waals surface area contributed by atoms with E-state index in [4.69, 9.17) is 14.2 Å². The number of ketones is 1. The Hall–Kier alpha value is -2.49. The van der Waals surface area contributed by atoms with E-state index in [1.165, 1.54) is 0 Å². The molecule has 0 saturated carbocycles. The van der Waals surface area contributed by atoms with Crippen LogP contribution in [-0.4, -0.2) is 26.6 Å². The summed E-state index contributed by atoms with van der Waals surface area (Å²) in [5.74, 6) is 1.77. The van der Waals surface area contributed by atoms with Gasteiger partial charge in [-0.15, -0.1) is 0 Å². The monoisotopic (exact) mass is 284 g/mol. The Balaban J connectivity index is 2.06. The van der Waals surface area contributed by atoms with Crippen LogP contribution in [0.1, 0.15) is 21.5 Å². The molecule has 108 valence electrons. The molecule has 1 heterocycles. The SMILES string of the molecule is COc1cccc(OC)c1C(=O)c1ccc2c(c1)CCO2. The van der Waals surface area contributed by atoms with Crippen molar-refractivity contribution in [3.05, 3.63) is 53.1 Å². The molecule has 4 heteroatoms. The van der Waals surface area contributed by atoms with Crippen molar-refractivity contribution in [2.45, 2.75) is 6.42 Å². The molecule has 1 aliphatic heterocycles. The van der Waals surface area contributed by atoms with Gasteiger partial charge in [-0.2, -0.15) is 0 Å². The molecule has 21 heavy (non-hydrogen) atoms. The van der Waals surface area contributed by atoms with Crippen LogP contribution in [-0.2, 0) is 6.42 Å². The Kier molecular flexibility index (Phi) is 3.52. The molecule has 0 aromatic heterocycles. The first kappa shape index (κ1) is 13.5. The normalized spacial score (nSPS) is 12.5. The van der Waals surface area contributed by atoms with E-state index < -0.39 is 0 Å². The number of fused-ring (bicyclic) bond motifs is 1. The highest BCUT2D eigenvalue weighted by molar-refractivity contribution is 6.12. The lowest BCUT2D eigenvalue weighted by molar-refractivity contribution is 0.103. The fourth-order valence-electron chi connectivity index (χ4n) is 2.55. The van der Waals surface area contributed by atoms with Crippen LogP contribution in [0.3, 0.4) is 0 Å². The van der Waals surface area contributed by atoms with E-state index in [0.717, 1.165) is 17.7 Å². The van der Waals surface area contributed by atoms with Gasteiger partial charge < -0.3 is 14.2 Å². The van der Waals surface area contributed by atoms with Crippen molar-refractivity contribution < 1.29 is 19.0 Å². The zero-order chi connectivity index (χ0) is 14.8. The number of hydrogen-bond donors (Lipinski definition) is 0. The van der Waals surface area contributed by atoms with Crippen molar-refractivity contribution in [3.8, 4) is 17.2 Å². The van der Waals surface area contributed by atoms with E-state index in [1.54, 1.807) is 38.5 Å². The first-order valence-electron chi connectivity index (χ1n) is 6.76. The van der Waals surface area contributed by atoms with Crippen LogP contribution >= 0.6 is 0 Å². The minimum Gasteiger partial charge on any atom is -0.496 e. The molecule has 0 saturated heterocycles. The molecular weight excluding hydrogens is 268 g/mol. The Bertz CT molecular complexity index is 669. The van der Waals surface area contributed by atoms with Gasteiger partial charge in [-0.3, -0.25) is 4.79 Å². The predicted octanol–water partition coefficient (Wildman–Crippen LogP) is 2.87. The minimum atomic E-state index is -0.112. The summed E-state index contributed by atoms with van der Waals surface area (Å²) in [5.41, 5.74) is 2.12. The third-order valence-electron chi connectivity index (χ3n) is 3.61. The van der Waals surface area contributed by atoms with E-state index >= 15 is 0 Å². The molecule has 0 atom stereocenters. The van der Waals surface area contributed by atoms with Crippen LogP contribution in [0.2, 0.25) is 0 Å². The molecule has 0 N–H and O–H groups in total. The summed E-state index contributed by atoms with van der Waals surface area (Å²) < 4.78 is 16.1. The molecule has 1 aliphatic rings. The molecule has 0 bridgehead atoms. The maximum Gasteiger partial charge on any atom is 0.200 e. The lowest BCUT2D eigenvalue weighted by Crippen LogP contribution is -2.06. The Morgan fingerprint density at radius 3 is 2.48 bits per heavy atom. The summed E-state index contributed by atoms with van der Waals surface area (Å²) in [6.45, 7) is 0.672. The number of methoxy groups -OCH3 is 2. The molecule has 0 radical (unpaired) electrons. The predicted molar refractivity (Wildman–Crippen MR) is 78.6 cm³/mol. The number of carbonyl (C=O) groups is 1. The molecule has 0 unspecified atom stereocenters. The molecular formula is C17H16O4. The van der Waals surface area contributed by atoms with E-state index in [0.29, 0.717) is 29.2 Å². The third kappa shape index (κ3) is 2.33. The molecule has 4 nitrogen and oxygen atoms in total. The zero-order valence-electron chi connectivity index (χ0n) is 12.0. The second-order valence-electron chi connectivity index (χ2n) is 4.79. The largest absolute Gasteiger partial charge is 0.496 e. The van der Waals surface area contributed by atoms with E-state index in [-0.39, 0.29) is 5.78 Å². The highest BCUT2D eigenvalue weighted by atomic mass is 16.5. The smallest absolute Gasteiger partial charge is 0.200 e. The van der Waals surface area contributed by atoms with Gasteiger partial charge in [0.25, 0.3) is 0 Å². The molecule has 3 rings (SSSR count). The molecule has 0 aliphatic carbocycles. The third-order valence-corrected chi connectivity index (χ3v) is 3.61. The van der Waals surface area contributed by atoms with Gasteiger partial charge in [0, 0.05) is 12.0 Å². The molecule has 2 aromatic rings. The second-order valence-corrected chi connectivity index (χ2v) is 4.79. The van der Waals surface area contributed by atoms with Gasteiger partial charge in [-0.25, -0.2) is 0 Å². The summed E-state index contributed by atoms with van der Waals surface area (Å²) in [7, 11) is 3.09.